The van der Waals surface area contributed by atoms with Crippen LogP contribution in [-0.2, 0) is 6.18 Å². The zero-order valence-corrected chi connectivity index (χ0v) is 22.7. The fourth-order valence-electron chi connectivity index (χ4n) is 3.85. The molecule has 212 valence electrons. The van der Waals surface area contributed by atoms with Gasteiger partial charge in [-0.25, -0.2) is 4.98 Å². The maximum absolute atomic E-state index is 13.3. The number of nitrogens with zero attached hydrogens (tertiary/aromatic N) is 3. The molecule has 0 atom stereocenters. The number of nitrogens with two attached hydrogens (primary N) is 1. The summed E-state index contributed by atoms with van der Waals surface area (Å²) < 4.78 is 39.2. The average molecular weight is 564 g/mol. The first-order valence-electron chi connectivity index (χ1n) is 12.4. The van der Waals surface area contributed by atoms with Gasteiger partial charge in [-0.2, -0.15) is 18.2 Å². The van der Waals surface area contributed by atoms with Crippen molar-refractivity contribution >= 4 is 46.3 Å². The van der Waals surface area contributed by atoms with Crippen LogP contribution in [0.5, 0.6) is 0 Å². The molecule has 0 unspecified atom stereocenters. The van der Waals surface area contributed by atoms with Crippen LogP contribution < -0.4 is 26.6 Å². The quantitative estimate of drug-likeness (QED) is 0.203. The van der Waals surface area contributed by atoms with Gasteiger partial charge in [0.1, 0.15) is 11.4 Å². The summed E-state index contributed by atoms with van der Waals surface area (Å²) in [5.41, 5.74) is 8.71. The minimum absolute atomic E-state index is 0.152. The first-order valence-corrected chi connectivity index (χ1v) is 12.4. The zero-order valence-electron chi connectivity index (χ0n) is 22.7. The van der Waals surface area contributed by atoms with Crippen LogP contribution in [0.2, 0.25) is 0 Å². The number of carbonyl (C=O) groups excluding carboxylic acids is 2. The SMILES string of the molecule is Cc1ccc(Nc2ncc(C(=O)Nc3cc(NC(=O)c4cccc(C(F)(F)F)c4)ccc3C)c(N(C)C)n2)cc1N. The third-order valence-electron chi connectivity index (χ3n) is 6.17. The van der Waals surface area contributed by atoms with Crippen LogP contribution >= 0.6 is 0 Å². The molecule has 12 heteroatoms. The summed E-state index contributed by atoms with van der Waals surface area (Å²) >= 11 is 0. The lowest BCUT2D eigenvalue weighted by molar-refractivity contribution is -0.137. The Bertz CT molecular complexity index is 1620. The van der Waals surface area contributed by atoms with Crippen molar-refractivity contribution in [2.24, 2.45) is 0 Å². The second kappa shape index (κ2) is 11.5. The molecule has 0 aliphatic carbocycles. The number of hydrogen-bond donors (Lipinski definition) is 4. The Balaban J connectivity index is 1.53. The van der Waals surface area contributed by atoms with E-state index in [9.17, 15) is 22.8 Å². The molecule has 0 radical (unpaired) electrons. The number of halogens is 3. The highest BCUT2D eigenvalue weighted by Crippen LogP contribution is 2.30. The number of amides is 2. The van der Waals surface area contributed by atoms with Crippen molar-refractivity contribution in [1.29, 1.82) is 0 Å². The van der Waals surface area contributed by atoms with Gasteiger partial charge in [0.25, 0.3) is 11.8 Å². The van der Waals surface area contributed by atoms with E-state index in [2.05, 4.69) is 25.9 Å². The molecule has 5 N–H and O–H groups in total. The topological polar surface area (TPSA) is 125 Å². The van der Waals surface area contributed by atoms with E-state index in [-0.39, 0.29) is 22.8 Å². The molecule has 0 aliphatic rings. The number of aromatic nitrogens is 2. The Morgan fingerprint density at radius 2 is 1.59 bits per heavy atom. The molecule has 0 bridgehead atoms. The van der Waals surface area contributed by atoms with E-state index in [0.29, 0.717) is 28.4 Å². The molecule has 3 aromatic carbocycles. The lowest BCUT2D eigenvalue weighted by Gasteiger charge is -2.18. The summed E-state index contributed by atoms with van der Waals surface area (Å²) in [5, 5.41) is 8.46. The van der Waals surface area contributed by atoms with Crippen LogP contribution in [0.15, 0.2) is 66.9 Å². The van der Waals surface area contributed by atoms with Crippen LogP contribution in [0.25, 0.3) is 0 Å². The maximum atomic E-state index is 13.3. The van der Waals surface area contributed by atoms with E-state index in [4.69, 9.17) is 5.73 Å². The number of alkyl halides is 3. The second-order valence-corrected chi connectivity index (χ2v) is 9.54. The van der Waals surface area contributed by atoms with Gasteiger partial charge in [-0.3, -0.25) is 9.59 Å². The fourth-order valence-corrected chi connectivity index (χ4v) is 3.85. The van der Waals surface area contributed by atoms with Gasteiger partial charge in [0.2, 0.25) is 5.95 Å². The molecule has 1 heterocycles. The molecular weight excluding hydrogens is 535 g/mol. The highest BCUT2D eigenvalue weighted by molar-refractivity contribution is 6.09. The Labute approximate surface area is 234 Å². The lowest BCUT2D eigenvalue weighted by atomic mass is 10.1. The summed E-state index contributed by atoms with van der Waals surface area (Å²) in [6.07, 6.45) is -3.18. The first kappa shape index (κ1) is 28.9. The average Bonchev–Trinajstić information content (AvgIpc) is 2.92. The molecule has 0 fully saturated rings. The molecule has 4 rings (SSSR count). The number of anilines is 6. The molecule has 0 saturated carbocycles. The third kappa shape index (κ3) is 6.90. The van der Waals surface area contributed by atoms with Gasteiger partial charge >= 0.3 is 6.18 Å². The van der Waals surface area contributed by atoms with Gasteiger partial charge in [-0.05, 0) is 67.4 Å². The molecular formula is C29H28F3N7O2. The van der Waals surface area contributed by atoms with Gasteiger partial charge in [-0.1, -0.05) is 18.2 Å². The predicted molar refractivity (Wildman–Crippen MR) is 154 cm³/mol. The summed E-state index contributed by atoms with van der Waals surface area (Å²) in [6, 6.07) is 14.4. The second-order valence-electron chi connectivity index (χ2n) is 9.54. The number of nitrogens with one attached hydrogen (secondary N) is 3. The Morgan fingerprint density at radius 3 is 2.27 bits per heavy atom. The number of hydrogen-bond acceptors (Lipinski definition) is 7. The molecule has 2 amide bonds. The van der Waals surface area contributed by atoms with E-state index >= 15 is 0 Å². The molecule has 0 aliphatic heterocycles. The van der Waals surface area contributed by atoms with E-state index in [1.165, 1.54) is 24.4 Å². The lowest BCUT2D eigenvalue weighted by Crippen LogP contribution is -2.21. The normalized spacial score (nSPS) is 11.1. The Morgan fingerprint density at radius 1 is 0.878 bits per heavy atom. The van der Waals surface area contributed by atoms with Gasteiger partial charge in [0, 0.05) is 48.6 Å². The molecule has 9 nitrogen and oxygen atoms in total. The molecule has 0 spiro atoms. The summed E-state index contributed by atoms with van der Waals surface area (Å²) in [5.74, 6) is -0.598. The van der Waals surface area contributed by atoms with Crippen LogP contribution in [0.4, 0.5) is 47.7 Å². The standard InChI is InChI=1S/C29H28F3N7O2/c1-16-8-10-20(13-23(16)33)36-28-34-15-22(25(38-28)39(3)4)27(41)37-24-14-21(11-9-17(24)2)35-26(40)18-6-5-7-19(12-18)29(30,31)32/h5-15H,33H2,1-4H3,(H,35,40)(H,37,41)(H,34,36,38). The highest BCUT2D eigenvalue weighted by atomic mass is 19.4. The van der Waals surface area contributed by atoms with Gasteiger partial charge < -0.3 is 26.6 Å². The van der Waals surface area contributed by atoms with Gasteiger partial charge in [0.15, 0.2) is 0 Å². The van der Waals surface area contributed by atoms with Crippen LogP contribution in [0.3, 0.4) is 0 Å². The monoisotopic (exact) mass is 563 g/mol. The largest absolute Gasteiger partial charge is 0.416 e. The van der Waals surface area contributed by atoms with E-state index in [1.807, 2.05) is 19.1 Å². The third-order valence-corrected chi connectivity index (χ3v) is 6.17. The summed E-state index contributed by atoms with van der Waals surface area (Å²) in [7, 11) is 3.48. The number of carbonyl (C=O) groups is 2. The van der Waals surface area contributed by atoms with Crippen molar-refractivity contribution in [2.45, 2.75) is 20.0 Å². The predicted octanol–water partition coefficient (Wildman–Crippen LogP) is 6.01. The molecule has 1 aromatic heterocycles. The van der Waals surface area contributed by atoms with Gasteiger partial charge in [0.05, 0.1) is 5.56 Å². The zero-order chi connectivity index (χ0) is 29.9. The van der Waals surface area contributed by atoms with Crippen LogP contribution in [-0.4, -0.2) is 35.9 Å². The summed E-state index contributed by atoms with van der Waals surface area (Å²) in [6.45, 7) is 3.66. The molecule has 41 heavy (non-hydrogen) atoms. The Kier molecular flexibility index (Phi) is 8.13. The van der Waals surface area contributed by atoms with Crippen molar-refractivity contribution in [3.63, 3.8) is 0 Å². The van der Waals surface area contributed by atoms with Crippen molar-refractivity contribution in [2.75, 3.05) is 40.7 Å². The Hall–Kier alpha value is -5.13. The van der Waals surface area contributed by atoms with Crippen LogP contribution in [0.1, 0.15) is 37.4 Å². The van der Waals surface area contributed by atoms with E-state index in [0.717, 1.165) is 17.7 Å². The van der Waals surface area contributed by atoms with Crippen molar-refractivity contribution in [3.05, 3.63) is 94.7 Å². The summed E-state index contributed by atoms with van der Waals surface area (Å²) in [4.78, 5) is 36.4. The number of benzene rings is 3. The van der Waals surface area contributed by atoms with Crippen molar-refractivity contribution < 1.29 is 22.8 Å². The van der Waals surface area contributed by atoms with Crippen LogP contribution in [0, 0.1) is 13.8 Å². The first-order chi connectivity index (χ1) is 19.3. The van der Waals surface area contributed by atoms with Crippen molar-refractivity contribution in [3.8, 4) is 0 Å². The molecule has 4 aromatic rings. The molecule has 0 saturated heterocycles. The van der Waals surface area contributed by atoms with Crippen molar-refractivity contribution in [1.82, 2.24) is 9.97 Å². The maximum Gasteiger partial charge on any atom is 0.416 e. The highest BCUT2D eigenvalue weighted by Gasteiger charge is 2.31. The van der Waals surface area contributed by atoms with E-state index < -0.39 is 23.6 Å². The van der Waals surface area contributed by atoms with Gasteiger partial charge in [-0.15, -0.1) is 0 Å². The number of rotatable bonds is 7. The minimum Gasteiger partial charge on any atom is -0.398 e. The van der Waals surface area contributed by atoms with E-state index in [1.54, 1.807) is 44.1 Å². The fraction of sp³-hybridized carbons (Fsp3) is 0.172. The number of aryl methyl sites for hydroxylation is 2. The minimum atomic E-state index is -4.57. The number of nitrogen functional groups attached to an aromatic ring is 1. The smallest absolute Gasteiger partial charge is 0.398 e.